The van der Waals surface area contributed by atoms with Crippen molar-refractivity contribution in [2.75, 3.05) is 26.3 Å². The van der Waals surface area contributed by atoms with Crippen LogP contribution in [0.15, 0.2) is 24.3 Å². The molecule has 2 N–H and O–H groups in total. The number of carboxylic acids is 1. The van der Waals surface area contributed by atoms with Crippen molar-refractivity contribution < 1.29 is 19.4 Å². The number of urea groups is 1. The summed E-state index contributed by atoms with van der Waals surface area (Å²) in [5.74, 6) is -1.04. The standard InChI is InChI=1S/C15H20N2O4/c1-11-4-2-3-5-12(11)6-7-16-15(20)17-8-9-21-10-13(17)14(18)19/h2-5,13H,6-10H2,1H3,(H,16,20)(H,18,19). The number of morpholine rings is 1. The third-order valence-corrected chi connectivity index (χ3v) is 3.61. The summed E-state index contributed by atoms with van der Waals surface area (Å²) in [5, 5.41) is 11.9. The van der Waals surface area contributed by atoms with Gasteiger partial charge in [0.2, 0.25) is 0 Å². The molecule has 1 aromatic carbocycles. The Bertz CT molecular complexity index is 518. The van der Waals surface area contributed by atoms with E-state index in [2.05, 4.69) is 5.32 Å². The van der Waals surface area contributed by atoms with Crippen molar-refractivity contribution in [3.63, 3.8) is 0 Å². The van der Waals surface area contributed by atoms with Gasteiger partial charge in [-0.05, 0) is 24.5 Å². The molecular weight excluding hydrogens is 272 g/mol. The summed E-state index contributed by atoms with van der Waals surface area (Å²) in [6.07, 6.45) is 0.723. The van der Waals surface area contributed by atoms with Crippen LogP contribution in [-0.2, 0) is 16.0 Å². The van der Waals surface area contributed by atoms with Crippen LogP contribution in [0.25, 0.3) is 0 Å². The number of hydrogen-bond donors (Lipinski definition) is 2. The van der Waals surface area contributed by atoms with Crippen molar-refractivity contribution in [3.05, 3.63) is 35.4 Å². The van der Waals surface area contributed by atoms with E-state index in [0.717, 1.165) is 6.42 Å². The Labute approximate surface area is 123 Å². The molecule has 1 aliphatic heterocycles. The van der Waals surface area contributed by atoms with Crippen LogP contribution in [0.1, 0.15) is 11.1 Å². The predicted molar refractivity (Wildman–Crippen MR) is 77.2 cm³/mol. The second-order valence-electron chi connectivity index (χ2n) is 5.03. The van der Waals surface area contributed by atoms with Gasteiger partial charge in [0, 0.05) is 13.1 Å². The number of ether oxygens (including phenoxy) is 1. The molecule has 1 saturated heterocycles. The van der Waals surface area contributed by atoms with Crippen LogP contribution in [0.5, 0.6) is 0 Å². The number of carbonyl (C=O) groups is 2. The van der Waals surface area contributed by atoms with Crippen LogP contribution in [0.2, 0.25) is 0 Å². The highest BCUT2D eigenvalue weighted by Crippen LogP contribution is 2.09. The minimum atomic E-state index is -1.04. The van der Waals surface area contributed by atoms with Crippen molar-refractivity contribution in [1.29, 1.82) is 0 Å². The molecule has 114 valence electrons. The zero-order valence-electron chi connectivity index (χ0n) is 12.0. The minimum Gasteiger partial charge on any atom is -0.480 e. The molecule has 0 aliphatic carbocycles. The SMILES string of the molecule is Cc1ccccc1CCNC(=O)N1CCOCC1C(=O)O. The molecule has 0 aromatic heterocycles. The maximum absolute atomic E-state index is 12.1. The Hall–Kier alpha value is -2.08. The summed E-state index contributed by atoms with van der Waals surface area (Å²) in [6, 6.07) is 6.74. The van der Waals surface area contributed by atoms with Gasteiger partial charge in [0.15, 0.2) is 6.04 Å². The lowest BCUT2D eigenvalue weighted by atomic mass is 10.1. The van der Waals surface area contributed by atoms with Gasteiger partial charge >= 0.3 is 12.0 Å². The number of nitrogens with zero attached hydrogens (tertiary/aromatic N) is 1. The van der Waals surface area contributed by atoms with Gasteiger partial charge in [0.1, 0.15) is 0 Å². The van der Waals surface area contributed by atoms with E-state index in [1.165, 1.54) is 16.0 Å². The van der Waals surface area contributed by atoms with Crippen LogP contribution in [0.4, 0.5) is 4.79 Å². The first-order chi connectivity index (χ1) is 10.1. The lowest BCUT2D eigenvalue weighted by Gasteiger charge is -2.32. The molecule has 0 radical (unpaired) electrons. The van der Waals surface area contributed by atoms with Crippen molar-refractivity contribution in [3.8, 4) is 0 Å². The molecule has 0 bridgehead atoms. The molecule has 1 unspecified atom stereocenters. The quantitative estimate of drug-likeness (QED) is 0.869. The first kappa shape index (κ1) is 15.3. The van der Waals surface area contributed by atoms with Crippen LogP contribution in [0, 0.1) is 6.92 Å². The van der Waals surface area contributed by atoms with Crippen molar-refractivity contribution in [1.82, 2.24) is 10.2 Å². The average molecular weight is 292 g/mol. The fourth-order valence-electron chi connectivity index (χ4n) is 2.35. The average Bonchev–Trinajstić information content (AvgIpc) is 2.49. The largest absolute Gasteiger partial charge is 0.480 e. The highest BCUT2D eigenvalue weighted by molar-refractivity contribution is 5.83. The Morgan fingerprint density at radius 1 is 1.43 bits per heavy atom. The van der Waals surface area contributed by atoms with E-state index >= 15 is 0 Å². The molecule has 0 saturated carbocycles. The van der Waals surface area contributed by atoms with Gasteiger partial charge in [0.05, 0.1) is 13.2 Å². The lowest BCUT2D eigenvalue weighted by molar-refractivity contribution is -0.147. The van der Waals surface area contributed by atoms with Gasteiger partial charge in [-0.15, -0.1) is 0 Å². The molecule has 0 spiro atoms. The number of amides is 2. The smallest absolute Gasteiger partial charge is 0.328 e. The predicted octanol–water partition coefficient (Wildman–Crippen LogP) is 1.03. The molecule has 1 fully saturated rings. The molecule has 21 heavy (non-hydrogen) atoms. The fraction of sp³-hybridized carbons (Fsp3) is 0.467. The molecule has 6 heteroatoms. The molecule has 6 nitrogen and oxygen atoms in total. The molecule has 1 aliphatic rings. The van der Waals surface area contributed by atoms with Gasteiger partial charge in [0.25, 0.3) is 0 Å². The zero-order chi connectivity index (χ0) is 15.2. The van der Waals surface area contributed by atoms with Crippen LogP contribution < -0.4 is 5.32 Å². The summed E-state index contributed by atoms with van der Waals surface area (Å²) in [7, 11) is 0. The molecule has 1 atom stereocenters. The summed E-state index contributed by atoms with van der Waals surface area (Å²) in [6.45, 7) is 3.22. The highest BCUT2D eigenvalue weighted by atomic mass is 16.5. The van der Waals surface area contributed by atoms with E-state index in [-0.39, 0.29) is 12.6 Å². The molecule has 2 rings (SSSR count). The Balaban J connectivity index is 1.86. The third-order valence-electron chi connectivity index (χ3n) is 3.61. The van der Waals surface area contributed by atoms with Crippen molar-refractivity contribution >= 4 is 12.0 Å². The molecule has 1 heterocycles. The highest BCUT2D eigenvalue weighted by Gasteiger charge is 2.32. The van der Waals surface area contributed by atoms with E-state index in [4.69, 9.17) is 9.84 Å². The summed E-state index contributed by atoms with van der Waals surface area (Å²) in [4.78, 5) is 24.5. The van der Waals surface area contributed by atoms with Crippen LogP contribution >= 0.6 is 0 Å². The van der Waals surface area contributed by atoms with E-state index in [9.17, 15) is 9.59 Å². The lowest BCUT2D eigenvalue weighted by Crippen LogP contribution is -2.55. The molecule has 2 amide bonds. The Kier molecular flexibility index (Phi) is 5.16. The van der Waals surface area contributed by atoms with Crippen LogP contribution in [-0.4, -0.2) is 54.4 Å². The third kappa shape index (κ3) is 3.95. The Morgan fingerprint density at radius 3 is 2.90 bits per heavy atom. The maximum atomic E-state index is 12.1. The zero-order valence-corrected chi connectivity index (χ0v) is 12.0. The number of carbonyl (C=O) groups excluding carboxylic acids is 1. The first-order valence-corrected chi connectivity index (χ1v) is 6.99. The van der Waals surface area contributed by atoms with E-state index in [0.29, 0.717) is 19.7 Å². The number of nitrogens with one attached hydrogen (secondary N) is 1. The molecular formula is C15H20N2O4. The fourth-order valence-corrected chi connectivity index (χ4v) is 2.35. The van der Waals surface area contributed by atoms with Crippen molar-refractivity contribution in [2.24, 2.45) is 0 Å². The number of aryl methyl sites for hydroxylation is 1. The number of carboxylic acid groups (broad SMARTS) is 1. The van der Waals surface area contributed by atoms with Gasteiger partial charge in [-0.25, -0.2) is 9.59 Å². The molecule has 1 aromatic rings. The second-order valence-corrected chi connectivity index (χ2v) is 5.03. The van der Waals surface area contributed by atoms with Gasteiger partial charge in [-0.3, -0.25) is 0 Å². The number of hydrogen-bond acceptors (Lipinski definition) is 3. The summed E-state index contributed by atoms with van der Waals surface area (Å²) in [5.41, 5.74) is 2.36. The number of rotatable bonds is 4. The second kappa shape index (κ2) is 7.08. The van der Waals surface area contributed by atoms with Gasteiger partial charge in [-0.2, -0.15) is 0 Å². The van der Waals surface area contributed by atoms with E-state index < -0.39 is 12.0 Å². The number of benzene rings is 1. The topological polar surface area (TPSA) is 78.9 Å². The summed E-state index contributed by atoms with van der Waals surface area (Å²) >= 11 is 0. The monoisotopic (exact) mass is 292 g/mol. The number of aliphatic carboxylic acids is 1. The normalized spacial score (nSPS) is 18.3. The van der Waals surface area contributed by atoms with E-state index in [1.807, 2.05) is 31.2 Å². The Morgan fingerprint density at radius 2 is 2.19 bits per heavy atom. The first-order valence-electron chi connectivity index (χ1n) is 6.99. The minimum absolute atomic E-state index is 0.0422. The van der Waals surface area contributed by atoms with Gasteiger partial charge < -0.3 is 20.1 Å². The summed E-state index contributed by atoms with van der Waals surface area (Å²) < 4.78 is 5.11. The van der Waals surface area contributed by atoms with Gasteiger partial charge in [-0.1, -0.05) is 24.3 Å². The van der Waals surface area contributed by atoms with Crippen molar-refractivity contribution in [2.45, 2.75) is 19.4 Å². The van der Waals surface area contributed by atoms with Crippen LogP contribution in [0.3, 0.4) is 0 Å². The van der Waals surface area contributed by atoms with E-state index in [1.54, 1.807) is 0 Å². The maximum Gasteiger partial charge on any atom is 0.328 e.